The predicted octanol–water partition coefficient (Wildman–Crippen LogP) is 4.87. The van der Waals surface area contributed by atoms with Gasteiger partial charge in [0.15, 0.2) is 5.54 Å². The molecule has 4 rings (SSSR count). The van der Waals surface area contributed by atoms with Crippen molar-refractivity contribution in [2.75, 3.05) is 25.6 Å². The number of nitrogens with two attached hydrogens (primary N) is 1. The monoisotopic (exact) mass is 431 g/mol. The van der Waals surface area contributed by atoms with Gasteiger partial charge in [-0.05, 0) is 72.5 Å². The molecule has 3 aromatic carbocycles. The van der Waals surface area contributed by atoms with Crippen LogP contribution in [0, 0.1) is 6.92 Å². The predicted molar refractivity (Wildman–Crippen MR) is 128 cm³/mol. The second-order valence-electron chi connectivity index (χ2n) is 7.83. The molecule has 3 aromatic rings. The Hall–Kier alpha value is -3.51. The van der Waals surface area contributed by atoms with Gasteiger partial charge >= 0.3 is 0 Å². The molecule has 32 heavy (non-hydrogen) atoms. The van der Waals surface area contributed by atoms with E-state index in [0.29, 0.717) is 19.8 Å². The van der Waals surface area contributed by atoms with Crippen molar-refractivity contribution in [2.24, 2.45) is 10.7 Å². The number of nitrogens with one attached hydrogen (secondary N) is 1. The molecule has 0 saturated heterocycles. The van der Waals surface area contributed by atoms with Gasteiger partial charge in [-0.25, -0.2) is 4.99 Å². The van der Waals surface area contributed by atoms with Crippen LogP contribution < -0.4 is 15.8 Å². The first-order chi connectivity index (χ1) is 15.5. The van der Waals surface area contributed by atoms with Gasteiger partial charge in [0.05, 0.1) is 13.7 Å². The van der Waals surface area contributed by atoms with Crippen LogP contribution in [0.4, 0.5) is 11.4 Å². The second kappa shape index (κ2) is 9.32. The van der Waals surface area contributed by atoms with Crippen LogP contribution in [-0.2, 0) is 21.6 Å². The zero-order valence-corrected chi connectivity index (χ0v) is 18.7. The minimum atomic E-state index is -0.754. The van der Waals surface area contributed by atoms with Gasteiger partial charge in [0.2, 0.25) is 0 Å². The number of para-hydroxylation sites is 1. The average molecular weight is 432 g/mol. The van der Waals surface area contributed by atoms with Gasteiger partial charge in [0.25, 0.3) is 6.02 Å². The van der Waals surface area contributed by atoms with Crippen LogP contribution in [0.5, 0.6) is 5.75 Å². The lowest BCUT2D eigenvalue weighted by Crippen LogP contribution is -2.27. The molecule has 0 aromatic heterocycles. The summed E-state index contributed by atoms with van der Waals surface area (Å²) in [6.45, 7) is 5.49. The van der Waals surface area contributed by atoms with Crippen molar-refractivity contribution in [1.29, 1.82) is 0 Å². The Morgan fingerprint density at radius 2 is 1.84 bits per heavy atom. The van der Waals surface area contributed by atoms with Crippen molar-refractivity contribution in [2.45, 2.75) is 26.0 Å². The normalized spacial score (nSPS) is 17.5. The average Bonchev–Trinajstić information content (AvgIpc) is 3.21. The zero-order chi connectivity index (χ0) is 22.6. The van der Waals surface area contributed by atoms with Crippen molar-refractivity contribution in [1.82, 2.24) is 0 Å². The topological polar surface area (TPSA) is 78.1 Å². The molecule has 0 amide bonds. The Kier molecular flexibility index (Phi) is 6.32. The smallest absolute Gasteiger partial charge is 0.283 e. The molecular formula is C26H29N3O3. The van der Waals surface area contributed by atoms with E-state index in [2.05, 4.69) is 29.6 Å². The second-order valence-corrected chi connectivity index (χ2v) is 7.83. The Morgan fingerprint density at radius 3 is 2.50 bits per heavy atom. The molecule has 3 N–H and O–H groups in total. The highest BCUT2D eigenvalue weighted by Crippen LogP contribution is 2.40. The van der Waals surface area contributed by atoms with E-state index in [1.54, 1.807) is 7.11 Å². The van der Waals surface area contributed by atoms with E-state index in [9.17, 15) is 0 Å². The molecule has 1 heterocycles. The van der Waals surface area contributed by atoms with Crippen LogP contribution in [-0.4, -0.2) is 26.3 Å². The molecule has 0 aliphatic carbocycles. The Balaban J connectivity index is 1.83. The number of anilines is 2. The number of hydrogen-bond donors (Lipinski definition) is 2. The number of aliphatic imine (C=N–C) groups is 1. The first-order valence-corrected chi connectivity index (χ1v) is 10.7. The van der Waals surface area contributed by atoms with Gasteiger partial charge in [-0.1, -0.05) is 30.3 Å². The Labute approximate surface area is 189 Å². The maximum Gasteiger partial charge on any atom is 0.283 e. The zero-order valence-electron chi connectivity index (χ0n) is 18.7. The van der Waals surface area contributed by atoms with Gasteiger partial charge < -0.3 is 25.3 Å². The quantitative estimate of drug-likeness (QED) is 0.532. The van der Waals surface area contributed by atoms with Gasteiger partial charge in [0.1, 0.15) is 12.4 Å². The lowest BCUT2D eigenvalue weighted by Gasteiger charge is -2.27. The third-order valence-electron chi connectivity index (χ3n) is 5.61. The van der Waals surface area contributed by atoms with E-state index in [1.807, 2.05) is 56.3 Å². The fourth-order valence-electron chi connectivity index (χ4n) is 4.02. The largest absolute Gasteiger partial charge is 0.496 e. The van der Waals surface area contributed by atoms with Gasteiger partial charge in [-0.3, -0.25) is 0 Å². The molecule has 0 fully saturated rings. The summed E-state index contributed by atoms with van der Waals surface area (Å²) < 4.78 is 16.9. The third kappa shape index (κ3) is 4.41. The fraction of sp³-hybridized carbons (Fsp3) is 0.269. The summed E-state index contributed by atoms with van der Waals surface area (Å²) in [5, 5.41) is 3.50. The molecule has 1 aliphatic rings. The SMILES string of the molecule is CCOCc1cc(Nc2ccccc2)cc(C2(c3ccc(OC)c(C)c3)COC(N)=N2)c1. The summed E-state index contributed by atoms with van der Waals surface area (Å²) in [4.78, 5) is 4.79. The highest BCUT2D eigenvalue weighted by molar-refractivity contribution is 5.76. The molecule has 1 aliphatic heterocycles. The van der Waals surface area contributed by atoms with E-state index >= 15 is 0 Å². The van der Waals surface area contributed by atoms with E-state index in [0.717, 1.165) is 39.4 Å². The number of nitrogens with zero attached hydrogens (tertiary/aromatic N) is 1. The minimum absolute atomic E-state index is 0.186. The molecule has 6 heteroatoms. The number of rotatable bonds is 8. The molecule has 166 valence electrons. The molecule has 1 unspecified atom stereocenters. The third-order valence-corrected chi connectivity index (χ3v) is 5.61. The van der Waals surface area contributed by atoms with Crippen LogP contribution in [0.3, 0.4) is 0 Å². The Bertz CT molecular complexity index is 1110. The first-order valence-electron chi connectivity index (χ1n) is 10.7. The number of ether oxygens (including phenoxy) is 3. The lowest BCUT2D eigenvalue weighted by molar-refractivity contribution is 0.134. The molecule has 1 atom stereocenters. The number of aryl methyl sites for hydroxylation is 1. The van der Waals surface area contributed by atoms with Crippen molar-refractivity contribution in [3.8, 4) is 5.75 Å². The summed E-state index contributed by atoms with van der Waals surface area (Å²) in [5.41, 5.74) is 11.3. The summed E-state index contributed by atoms with van der Waals surface area (Å²) in [6.07, 6.45) is 0. The molecule has 0 radical (unpaired) electrons. The Morgan fingerprint density at radius 1 is 1.03 bits per heavy atom. The summed E-state index contributed by atoms with van der Waals surface area (Å²) in [5.74, 6) is 0.830. The van der Waals surface area contributed by atoms with Crippen LogP contribution in [0.2, 0.25) is 0 Å². The highest BCUT2D eigenvalue weighted by atomic mass is 16.5. The molecule has 0 bridgehead atoms. The maximum absolute atomic E-state index is 6.02. The molecule has 0 spiro atoms. The molecular weight excluding hydrogens is 402 g/mol. The van der Waals surface area contributed by atoms with Crippen LogP contribution in [0.15, 0.2) is 71.7 Å². The highest BCUT2D eigenvalue weighted by Gasteiger charge is 2.40. The number of methoxy groups -OCH3 is 1. The summed E-state index contributed by atoms with van der Waals surface area (Å²) in [6, 6.07) is 22.7. The van der Waals surface area contributed by atoms with Crippen LogP contribution in [0.1, 0.15) is 29.2 Å². The number of amidine groups is 1. The van der Waals surface area contributed by atoms with Crippen molar-refractivity contribution >= 4 is 17.4 Å². The van der Waals surface area contributed by atoms with Crippen LogP contribution in [0.25, 0.3) is 0 Å². The van der Waals surface area contributed by atoms with E-state index in [4.69, 9.17) is 24.9 Å². The summed E-state index contributed by atoms with van der Waals surface area (Å²) >= 11 is 0. The van der Waals surface area contributed by atoms with Crippen molar-refractivity contribution in [3.05, 3.63) is 89.0 Å². The van der Waals surface area contributed by atoms with Gasteiger partial charge in [0, 0.05) is 18.0 Å². The van der Waals surface area contributed by atoms with Gasteiger partial charge in [-0.2, -0.15) is 0 Å². The summed E-state index contributed by atoms with van der Waals surface area (Å²) in [7, 11) is 1.67. The van der Waals surface area contributed by atoms with E-state index in [-0.39, 0.29) is 6.02 Å². The molecule has 0 saturated carbocycles. The number of benzene rings is 3. The van der Waals surface area contributed by atoms with Crippen molar-refractivity contribution < 1.29 is 14.2 Å². The van der Waals surface area contributed by atoms with E-state index < -0.39 is 5.54 Å². The van der Waals surface area contributed by atoms with Crippen molar-refractivity contribution in [3.63, 3.8) is 0 Å². The van der Waals surface area contributed by atoms with Crippen LogP contribution >= 0.6 is 0 Å². The molecule has 6 nitrogen and oxygen atoms in total. The van der Waals surface area contributed by atoms with E-state index in [1.165, 1.54) is 0 Å². The van der Waals surface area contributed by atoms with Gasteiger partial charge in [-0.15, -0.1) is 0 Å². The standard InChI is InChI=1S/C26H29N3O3/c1-4-31-16-19-13-21(15-23(14-19)28-22-8-6-5-7-9-22)26(17-32-25(27)29-26)20-10-11-24(30-3)18(2)12-20/h5-15,28H,4,16-17H2,1-3H3,(H2,27,29). The minimum Gasteiger partial charge on any atom is -0.496 e. The lowest BCUT2D eigenvalue weighted by atomic mass is 9.82. The maximum atomic E-state index is 6.02. The first kappa shape index (κ1) is 21.7. The fourth-order valence-corrected chi connectivity index (χ4v) is 4.02. The number of hydrogen-bond acceptors (Lipinski definition) is 6.